The van der Waals surface area contributed by atoms with E-state index in [4.69, 9.17) is 4.74 Å². The van der Waals surface area contributed by atoms with Crippen LogP contribution in [0.15, 0.2) is 60.7 Å². The number of hydrogen-bond donors (Lipinski definition) is 2. The van der Waals surface area contributed by atoms with Gasteiger partial charge in [0, 0.05) is 31.3 Å². The minimum Gasteiger partial charge on any atom is -0.495 e. The van der Waals surface area contributed by atoms with Crippen LogP contribution in [0.2, 0.25) is 0 Å². The number of ether oxygens (including phenoxy) is 1. The SMILES string of the molecule is COc1ccc(NC(C)=O)cc1NC(=O)[C@@H]1CCCN(C(=O)c2cccc3ccccc23)C1. The summed E-state index contributed by atoms with van der Waals surface area (Å²) in [5.41, 5.74) is 1.69. The molecule has 3 amide bonds. The zero-order valence-electron chi connectivity index (χ0n) is 18.8. The van der Waals surface area contributed by atoms with Crippen molar-refractivity contribution in [3.05, 3.63) is 66.2 Å². The maximum absolute atomic E-state index is 13.3. The molecule has 1 atom stereocenters. The highest BCUT2D eigenvalue weighted by molar-refractivity contribution is 6.07. The van der Waals surface area contributed by atoms with E-state index in [0.717, 1.165) is 17.2 Å². The molecule has 1 saturated heterocycles. The van der Waals surface area contributed by atoms with Crippen molar-refractivity contribution >= 4 is 39.9 Å². The maximum atomic E-state index is 13.3. The molecule has 0 unspecified atom stereocenters. The number of likely N-dealkylation sites (tertiary alicyclic amines) is 1. The molecule has 3 aromatic rings. The van der Waals surface area contributed by atoms with Crippen LogP contribution in [0.3, 0.4) is 0 Å². The number of methoxy groups -OCH3 is 1. The van der Waals surface area contributed by atoms with Crippen LogP contribution in [0.1, 0.15) is 30.1 Å². The number of amides is 3. The molecule has 170 valence electrons. The molecular weight excluding hydrogens is 418 g/mol. The van der Waals surface area contributed by atoms with Gasteiger partial charge in [0.15, 0.2) is 0 Å². The van der Waals surface area contributed by atoms with Gasteiger partial charge in [-0.1, -0.05) is 36.4 Å². The first-order valence-electron chi connectivity index (χ1n) is 11.0. The van der Waals surface area contributed by atoms with Gasteiger partial charge in [-0.25, -0.2) is 0 Å². The summed E-state index contributed by atoms with van der Waals surface area (Å²) in [7, 11) is 1.52. The molecule has 0 radical (unpaired) electrons. The van der Waals surface area contributed by atoms with E-state index in [0.29, 0.717) is 42.2 Å². The van der Waals surface area contributed by atoms with E-state index in [1.165, 1.54) is 14.0 Å². The Morgan fingerprint density at radius 2 is 1.79 bits per heavy atom. The van der Waals surface area contributed by atoms with Crippen molar-refractivity contribution < 1.29 is 19.1 Å². The smallest absolute Gasteiger partial charge is 0.254 e. The molecule has 2 N–H and O–H groups in total. The lowest BCUT2D eigenvalue weighted by molar-refractivity contribution is -0.121. The fourth-order valence-corrected chi connectivity index (χ4v) is 4.28. The highest BCUT2D eigenvalue weighted by Gasteiger charge is 2.30. The molecule has 7 heteroatoms. The summed E-state index contributed by atoms with van der Waals surface area (Å²) in [6, 6.07) is 18.6. The Morgan fingerprint density at radius 1 is 1.00 bits per heavy atom. The quantitative estimate of drug-likeness (QED) is 0.613. The van der Waals surface area contributed by atoms with Gasteiger partial charge in [0.05, 0.1) is 18.7 Å². The molecule has 0 spiro atoms. The van der Waals surface area contributed by atoms with Crippen LogP contribution in [0.4, 0.5) is 11.4 Å². The molecule has 7 nitrogen and oxygen atoms in total. The van der Waals surface area contributed by atoms with Crippen molar-refractivity contribution in [2.24, 2.45) is 5.92 Å². The molecule has 1 fully saturated rings. The molecule has 0 aromatic heterocycles. The van der Waals surface area contributed by atoms with Crippen molar-refractivity contribution in [3.63, 3.8) is 0 Å². The lowest BCUT2D eigenvalue weighted by Crippen LogP contribution is -2.43. The summed E-state index contributed by atoms with van der Waals surface area (Å²) in [6.45, 7) is 2.39. The first kappa shape index (κ1) is 22.3. The number of rotatable bonds is 5. The number of fused-ring (bicyclic) bond motifs is 1. The first-order valence-corrected chi connectivity index (χ1v) is 11.0. The minimum atomic E-state index is -0.341. The number of nitrogens with zero attached hydrogens (tertiary/aromatic N) is 1. The third kappa shape index (κ3) is 4.98. The number of nitrogens with one attached hydrogen (secondary N) is 2. The second kappa shape index (κ2) is 9.73. The number of carbonyl (C=O) groups is 3. The average Bonchev–Trinajstić information content (AvgIpc) is 2.83. The number of carbonyl (C=O) groups excluding carboxylic acids is 3. The van der Waals surface area contributed by atoms with Crippen molar-refractivity contribution in [1.29, 1.82) is 0 Å². The van der Waals surface area contributed by atoms with Crippen LogP contribution in [0, 0.1) is 5.92 Å². The molecule has 0 saturated carbocycles. The zero-order chi connectivity index (χ0) is 23.4. The fraction of sp³-hybridized carbons (Fsp3) is 0.269. The summed E-state index contributed by atoms with van der Waals surface area (Å²) >= 11 is 0. The van der Waals surface area contributed by atoms with E-state index in [9.17, 15) is 14.4 Å². The molecule has 3 aromatic carbocycles. The lowest BCUT2D eigenvalue weighted by Gasteiger charge is -2.32. The van der Waals surface area contributed by atoms with Gasteiger partial charge >= 0.3 is 0 Å². The fourth-order valence-electron chi connectivity index (χ4n) is 4.28. The van der Waals surface area contributed by atoms with Gasteiger partial charge in [-0.05, 0) is 47.9 Å². The third-order valence-electron chi connectivity index (χ3n) is 5.88. The Balaban J connectivity index is 1.50. The van der Waals surface area contributed by atoms with Gasteiger partial charge in [0.1, 0.15) is 5.75 Å². The van der Waals surface area contributed by atoms with Crippen molar-refractivity contribution in [2.45, 2.75) is 19.8 Å². The average molecular weight is 446 g/mol. The standard InChI is InChI=1S/C26H27N3O4/c1-17(30)27-20-12-13-24(33-2)23(15-20)28-25(31)19-9-6-14-29(16-19)26(32)22-11-5-8-18-7-3-4-10-21(18)22/h3-5,7-8,10-13,15,19H,6,9,14,16H2,1-2H3,(H,27,30)(H,28,31)/t19-/m1/s1. The van der Waals surface area contributed by atoms with Gasteiger partial charge in [-0.2, -0.15) is 0 Å². The van der Waals surface area contributed by atoms with Crippen LogP contribution in [0.5, 0.6) is 5.75 Å². The maximum Gasteiger partial charge on any atom is 0.254 e. The normalized spacial score (nSPS) is 15.7. The predicted octanol–water partition coefficient (Wildman–Crippen LogP) is 4.30. The van der Waals surface area contributed by atoms with Gasteiger partial charge in [0.2, 0.25) is 11.8 Å². The van der Waals surface area contributed by atoms with E-state index in [1.54, 1.807) is 23.1 Å². The Bertz CT molecular complexity index is 1200. The van der Waals surface area contributed by atoms with Crippen LogP contribution >= 0.6 is 0 Å². The van der Waals surface area contributed by atoms with Crippen LogP contribution in [0.25, 0.3) is 10.8 Å². The van der Waals surface area contributed by atoms with Crippen molar-refractivity contribution in [3.8, 4) is 5.75 Å². The summed E-state index contributed by atoms with van der Waals surface area (Å²) in [4.78, 5) is 39.6. The molecule has 33 heavy (non-hydrogen) atoms. The van der Waals surface area contributed by atoms with Crippen LogP contribution in [-0.4, -0.2) is 42.8 Å². The molecule has 1 aliphatic heterocycles. The van der Waals surface area contributed by atoms with Crippen molar-refractivity contribution in [2.75, 3.05) is 30.8 Å². The van der Waals surface area contributed by atoms with E-state index < -0.39 is 0 Å². The van der Waals surface area contributed by atoms with E-state index in [1.807, 2.05) is 42.5 Å². The molecule has 0 aliphatic carbocycles. The van der Waals surface area contributed by atoms with Gasteiger partial charge in [0.25, 0.3) is 5.91 Å². The number of piperidine rings is 1. The Kier molecular flexibility index (Phi) is 6.58. The van der Waals surface area contributed by atoms with Gasteiger partial charge in [-0.3, -0.25) is 14.4 Å². The summed E-state index contributed by atoms with van der Waals surface area (Å²) in [6.07, 6.45) is 1.44. The van der Waals surface area contributed by atoms with Gasteiger partial charge in [-0.15, -0.1) is 0 Å². The van der Waals surface area contributed by atoms with E-state index in [2.05, 4.69) is 10.6 Å². The second-order valence-corrected chi connectivity index (χ2v) is 8.20. The van der Waals surface area contributed by atoms with Crippen molar-refractivity contribution in [1.82, 2.24) is 4.90 Å². The van der Waals surface area contributed by atoms with Crippen LogP contribution in [-0.2, 0) is 9.59 Å². The minimum absolute atomic E-state index is 0.0606. The molecule has 1 heterocycles. The Labute approximate surface area is 192 Å². The number of anilines is 2. The number of benzene rings is 3. The van der Waals surface area contributed by atoms with Gasteiger partial charge < -0.3 is 20.3 Å². The second-order valence-electron chi connectivity index (χ2n) is 8.20. The zero-order valence-corrected chi connectivity index (χ0v) is 18.8. The molecule has 1 aliphatic rings. The van der Waals surface area contributed by atoms with E-state index in [-0.39, 0.29) is 23.6 Å². The molecule has 4 rings (SSSR count). The monoisotopic (exact) mass is 445 g/mol. The third-order valence-corrected chi connectivity index (χ3v) is 5.88. The summed E-state index contributed by atoms with van der Waals surface area (Å²) in [5.74, 6) is -0.283. The molecular formula is C26H27N3O4. The largest absolute Gasteiger partial charge is 0.495 e. The van der Waals surface area contributed by atoms with E-state index >= 15 is 0 Å². The number of hydrogen-bond acceptors (Lipinski definition) is 4. The predicted molar refractivity (Wildman–Crippen MR) is 129 cm³/mol. The highest BCUT2D eigenvalue weighted by atomic mass is 16.5. The molecule has 0 bridgehead atoms. The summed E-state index contributed by atoms with van der Waals surface area (Å²) < 4.78 is 5.36. The topological polar surface area (TPSA) is 87.7 Å². The van der Waals surface area contributed by atoms with Crippen LogP contribution < -0.4 is 15.4 Å². The first-order chi connectivity index (χ1) is 16.0. The Hall–Kier alpha value is -3.87. The Morgan fingerprint density at radius 3 is 2.58 bits per heavy atom. The highest BCUT2D eigenvalue weighted by Crippen LogP contribution is 2.30. The lowest BCUT2D eigenvalue weighted by atomic mass is 9.95. The summed E-state index contributed by atoms with van der Waals surface area (Å²) in [5, 5.41) is 7.55.